The van der Waals surface area contributed by atoms with Crippen LogP contribution in [-0.4, -0.2) is 41.3 Å². The molecule has 1 N–H and O–H groups in total. The van der Waals surface area contributed by atoms with Crippen LogP contribution in [-0.2, 0) is 9.53 Å². The van der Waals surface area contributed by atoms with E-state index >= 15 is 0 Å². The fraction of sp³-hybridized carbons (Fsp3) is 0.500. The summed E-state index contributed by atoms with van der Waals surface area (Å²) in [7, 11) is 0. The van der Waals surface area contributed by atoms with Crippen LogP contribution in [0.3, 0.4) is 0 Å². The van der Waals surface area contributed by atoms with E-state index in [0.717, 1.165) is 5.56 Å². The Morgan fingerprint density at radius 3 is 2.77 bits per heavy atom. The third-order valence-corrected chi connectivity index (χ3v) is 4.17. The fourth-order valence-corrected chi connectivity index (χ4v) is 3.11. The van der Waals surface area contributed by atoms with Gasteiger partial charge in [-0.3, -0.25) is 9.69 Å². The average Bonchev–Trinajstić information content (AvgIpc) is 2.55. The monoisotopic (exact) mass is 303 g/mol. The molecule has 1 aromatic carbocycles. The highest BCUT2D eigenvalue weighted by Gasteiger charge is 2.36. The van der Waals surface area contributed by atoms with Crippen molar-refractivity contribution in [3.05, 3.63) is 48.0 Å². The second-order valence-corrected chi connectivity index (χ2v) is 5.55. The molecule has 1 aliphatic rings. The molecule has 3 atom stereocenters. The molecule has 0 unspecified atom stereocenters. The van der Waals surface area contributed by atoms with Gasteiger partial charge in [0.15, 0.2) is 0 Å². The first kappa shape index (κ1) is 16.7. The van der Waals surface area contributed by atoms with Gasteiger partial charge in [0.1, 0.15) is 6.04 Å². The second kappa shape index (κ2) is 8.11. The number of aliphatic hydroxyl groups excluding tert-OH is 1. The molecular weight excluding hydrogens is 278 g/mol. The molecule has 22 heavy (non-hydrogen) atoms. The first-order valence-electron chi connectivity index (χ1n) is 7.95. The van der Waals surface area contributed by atoms with E-state index in [1.807, 2.05) is 31.2 Å². The van der Waals surface area contributed by atoms with Crippen LogP contribution in [0.4, 0.5) is 0 Å². The van der Waals surface area contributed by atoms with Crippen LogP contribution in [0.2, 0.25) is 0 Å². The molecule has 0 fully saturated rings. The van der Waals surface area contributed by atoms with Crippen molar-refractivity contribution in [1.82, 2.24) is 4.90 Å². The molecule has 0 aliphatic carbocycles. The zero-order valence-electron chi connectivity index (χ0n) is 13.3. The zero-order valence-corrected chi connectivity index (χ0v) is 13.3. The predicted octanol–water partition coefficient (Wildman–Crippen LogP) is 2.69. The molecular formula is C18H25NO3. The Morgan fingerprint density at radius 2 is 2.14 bits per heavy atom. The van der Waals surface area contributed by atoms with Crippen LogP contribution in [0.1, 0.15) is 38.3 Å². The predicted molar refractivity (Wildman–Crippen MR) is 86.4 cm³/mol. The van der Waals surface area contributed by atoms with Crippen LogP contribution in [0, 0.1) is 0 Å². The normalized spacial score (nSPS) is 23.2. The van der Waals surface area contributed by atoms with Crippen molar-refractivity contribution in [2.45, 2.75) is 44.8 Å². The lowest BCUT2D eigenvalue weighted by Gasteiger charge is -2.42. The van der Waals surface area contributed by atoms with E-state index in [-0.39, 0.29) is 30.7 Å². The summed E-state index contributed by atoms with van der Waals surface area (Å²) in [6.45, 7) is 4.41. The van der Waals surface area contributed by atoms with Gasteiger partial charge in [0.2, 0.25) is 0 Å². The number of carbonyl (C=O) groups excluding carboxylic acids is 1. The van der Waals surface area contributed by atoms with Crippen molar-refractivity contribution in [1.29, 1.82) is 0 Å². The van der Waals surface area contributed by atoms with E-state index in [4.69, 9.17) is 4.74 Å². The molecule has 120 valence electrons. The summed E-state index contributed by atoms with van der Waals surface area (Å²) in [5, 5.41) is 9.34. The lowest BCUT2D eigenvalue weighted by atomic mass is 9.95. The summed E-state index contributed by atoms with van der Waals surface area (Å²) in [6.07, 6.45) is 5.38. The Morgan fingerprint density at radius 1 is 1.41 bits per heavy atom. The topological polar surface area (TPSA) is 49.8 Å². The summed E-state index contributed by atoms with van der Waals surface area (Å²) < 4.78 is 5.25. The molecule has 0 aromatic heterocycles. The number of carbonyl (C=O) groups is 1. The number of hydrogen-bond acceptors (Lipinski definition) is 4. The minimum Gasteiger partial charge on any atom is -0.465 e. The Balaban J connectivity index is 2.29. The van der Waals surface area contributed by atoms with Crippen molar-refractivity contribution >= 4 is 5.97 Å². The molecule has 0 bridgehead atoms. The van der Waals surface area contributed by atoms with E-state index in [2.05, 4.69) is 30.0 Å². The van der Waals surface area contributed by atoms with Crippen molar-refractivity contribution in [3.8, 4) is 0 Å². The number of benzene rings is 1. The summed E-state index contributed by atoms with van der Waals surface area (Å²) >= 11 is 0. The lowest BCUT2D eigenvalue weighted by Crippen LogP contribution is -2.50. The quantitative estimate of drug-likeness (QED) is 0.648. The standard InChI is InChI=1S/C18H25NO3/c1-3-22-18(21)17-11-7-10-16(12-13-20)19(17)14(2)15-8-5-4-6-9-15/h4-10,14,16-17,20H,3,11-13H2,1-2H3/t14-,16-,17+/m1/s1. The van der Waals surface area contributed by atoms with E-state index in [0.29, 0.717) is 19.4 Å². The summed E-state index contributed by atoms with van der Waals surface area (Å²) in [4.78, 5) is 14.5. The highest BCUT2D eigenvalue weighted by molar-refractivity contribution is 5.76. The van der Waals surface area contributed by atoms with Crippen molar-refractivity contribution in [2.24, 2.45) is 0 Å². The number of ether oxygens (including phenoxy) is 1. The van der Waals surface area contributed by atoms with Gasteiger partial charge in [0.05, 0.1) is 6.61 Å². The van der Waals surface area contributed by atoms with Crippen molar-refractivity contribution < 1.29 is 14.6 Å². The zero-order chi connectivity index (χ0) is 15.9. The molecule has 0 saturated heterocycles. The maximum atomic E-state index is 12.3. The first-order chi connectivity index (χ1) is 10.7. The van der Waals surface area contributed by atoms with Gasteiger partial charge < -0.3 is 9.84 Å². The Labute approximate surface area is 132 Å². The van der Waals surface area contributed by atoms with Crippen LogP contribution < -0.4 is 0 Å². The van der Waals surface area contributed by atoms with Crippen LogP contribution >= 0.6 is 0 Å². The third kappa shape index (κ3) is 3.76. The molecule has 1 heterocycles. The van der Waals surface area contributed by atoms with E-state index < -0.39 is 0 Å². The van der Waals surface area contributed by atoms with E-state index in [1.165, 1.54) is 0 Å². The van der Waals surface area contributed by atoms with Crippen molar-refractivity contribution in [3.63, 3.8) is 0 Å². The maximum Gasteiger partial charge on any atom is 0.323 e. The number of hydrogen-bond donors (Lipinski definition) is 1. The van der Waals surface area contributed by atoms with Gasteiger partial charge in [-0.2, -0.15) is 0 Å². The third-order valence-electron chi connectivity index (χ3n) is 4.17. The number of aliphatic hydroxyl groups is 1. The fourth-order valence-electron chi connectivity index (χ4n) is 3.11. The minimum atomic E-state index is -0.295. The van der Waals surface area contributed by atoms with Gasteiger partial charge in [-0.1, -0.05) is 42.5 Å². The van der Waals surface area contributed by atoms with Gasteiger partial charge >= 0.3 is 5.97 Å². The molecule has 0 spiro atoms. The lowest BCUT2D eigenvalue weighted by molar-refractivity contribution is -0.151. The maximum absolute atomic E-state index is 12.3. The largest absolute Gasteiger partial charge is 0.465 e. The molecule has 0 amide bonds. The first-order valence-corrected chi connectivity index (χ1v) is 7.95. The highest BCUT2D eigenvalue weighted by atomic mass is 16.5. The van der Waals surface area contributed by atoms with Crippen LogP contribution in [0.15, 0.2) is 42.5 Å². The number of rotatable bonds is 6. The van der Waals surface area contributed by atoms with Crippen molar-refractivity contribution in [2.75, 3.05) is 13.2 Å². The Bertz CT molecular complexity index is 500. The SMILES string of the molecule is CCOC(=O)[C@@H]1CC=C[C@H](CCO)N1[C@H](C)c1ccccc1. The number of nitrogens with zero attached hydrogens (tertiary/aromatic N) is 1. The molecule has 4 nitrogen and oxygen atoms in total. The molecule has 1 aromatic rings. The smallest absolute Gasteiger partial charge is 0.323 e. The molecule has 2 rings (SSSR count). The molecule has 0 radical (unpaired) electrons. The van der Waals surface area contributed by atoms with Gasteiger partial charge in [-0.15, -0.1) is 0 Å². The Hall–Kier alpha value is -1.65. The van der Waals surface area contributed by atoms with Gasteiger partial charge in [-0.05, 0) is 32.3 Å². The summed E-state index contributed by atoms with van der Waals surface area (Å²) in [5.74, 6) is -0.183. The van der Waals surface area contributed by atoms with Crippen LogP contribution in [0.5, 0.6) is 0 Å². The summed E-state index contributed by atoms with van der Waals surface area (Å²) in [6, 6.07) is 9.97. The van der Waals surface area contributed by atoms with E-state index in [9.17, 15) is 9.90 Å². The van der Waals surface area contributed by atoms with E-state index in [1.54, 1.807) is 0 Å². The Kier molecular flexibility index (Phi) is 6.16. The highest BCUT2D eigenvalue weighted by Crippen LogP contribution is 2.31. The molecule has 0 saturated carbocycles. The second-order valence-electron chi connectivity index (χ2n) is 5.55. The van der Waals surface area contributed by atoms with Gasteiger partial charge in [0.25, 0.3) is 0 Å². The summed E-state index contributed by atoms with van der Waals surface area (Å²) in [5.41, 5.74) is 1.16. The molecule has 1 aliphatic heterocycles. The average molecular weight is 303 g/mol. The minimum absolute atomic E-state index is 0.0448. The number of esters is 1. The van der Waals surface area contributed by atoms with Gasteiger partial charge in [0, 0.05) is 18.7 Å². The molecule has 4 heteroatoms. The van der Waals surface area contributed by atoms with Crippen LogP contribution in [0.25, 0.3) is 0 Å². The van der Waals surface area contributed by atoms with Gasteiger partial charge in [-0.25, -0.2) is 0 Å².